The van der Waals surface area contributed by atoms with Crippen LogP contribution in [0.3, 0.4) is 0 Å². The average Bonchev–Trinajstić information content (AvgIpc) is 2.21. The maximum absolute atomic E-state index is 10.8. The molecule has 0 amide bonds. The van der Waals surface area contributed by atoms with Crippen LogP contribution < -0.4 is 0 Å². The van der Waals surface area contributed by atoms with Gasteiger partial charge in [0.2, 0.25) is 0 Å². The van der Waals surface area contributed by atoms with Gasteiger partial charge in [-0.15, -0.1) is 0 Å². The minimum Gasteiger partial charge on any atom is -0.303 e. The Bertz CT molecular complexity index is 273. The summed E-state index contributed by atoms with van der Waals surface area (Å²) in [7, 11) is 0. The second kappa shape index (κ2) is 5.29. The number of hydrogen-bond donors (Lipinski definition) is 0. The second-order valence-electron chi connectivity index (χ2n) is 5.29. The number of rotatable bonds is 4. The van der Waals surface area contributed by atoms with Gasteiger partial charge in [-0.05, 0) is 31.6 Å². The van der Waals surface area contributed by atoms with E-state index in [1.807, 2.05) is 6.92 Å². The maximum atomic E-state index is 10.8. The Morgan fingerprint density at radius 1 is 1.53 bits per heavy atom. The van der Waals surface area contributed by atoms with E-state index in [0.29, 0.717) is 0 Å². The van der Waals surface area contributed by atoms with Crippen molar-refractivity contribution in [1.82, 2.24) is 0 Å². The smallest absolute Gasteiger partial charge is 0.126 e. The lowest BCUT2D eigenvalue weighted by Gasteiger charge is -2.26. The summed E-state index contributed by atoms with van der Waals surface area (Å²) in [4.78, 5) is 10.8. The molecule has 0 aliphatic heterocycles. The van der Waals surface area contributed by atoms with E-state index in [-0.39, 0.29) is 5.41 Å². The number of carbonyl (C=O) groups excluding carboxylic acids is 1. The minimum atomic E-state index is -0.102. The SMILES string of the molecule is CC(C)CC=CC1=CCC(C)(C=O)CC1. The third-order valence-electron chi connectivity index (χ3n) is 3.04. The van der Waals surface area contributed by atoms with E-state index < -0.39 is 0 Å². The topological polar surface area (TPSA) is 17.1 Å². The van der Waals surface area contributed by atoms with E-state index in [1.165, 1.54) is 5.57 Å². The molecule has 84 valence electrons. The first kappa shape index (κ1) is 12.2. The average molecular weight is 206 g/mol. The zero-order chi connectivity index (χ0) is 11.3. The Morgan fingerprint density at radius 2 is 2.27 bits per heavy atom. The van der Waals surface area contributed by atoms with Crippen LogP contribution in [0.5, 0.6) is 0 Å². The summed E-state index contributed by atoms with van der Waals surface area (Å²) in [5.41, 5.74) is 1.30. The van der Waals surface area contributed by atoms with Gasteiger partial charge in [0.25, 0.3) is 0 Å². The Labute approximate surface area is 93.3 Å². The van der Waals surface area contributed by atoms with Crippen LogP contribution in [0.4, 0.5) is 0 Å². The molecule has 0 bridgehead atoms. The monoisotopic (exact) mass is 206 g/mol. The number of hydrogen-bond acceptors (Lipinski definition) is 1. The fourth-order valence-electron chi connectivity index (χ4n) is 1.75. The Kier molecular flexibility index (Phi) is 4.31. The lowest BCUT2D eigenvalue weighted by Crippen LogP contribution is -2.20. The van der Waals surface area contributed by atoms with Crippen molar-refractivity contribution in [2.45, 2.75) is 46.5 Å². The zero-order valence-corrected chi connectivity index (χ0v) is 10.1. The van der Waals surface area contributed by atoms with Crippen LogP contribution in [0, 0.1) is 11.3 Å². The molecule has 0 N–H and O–H groups in total. The summed E-state index contributed by atoms with van der Waals surface area (Å²) < 4.78 is 0. The number of aldehydes is 1. The van der Waals surface area contributed by atoms with Crippen LogP contribution in [0.1, 0.15) is 46.5 Å². The van der Waals surface area contributed by atoms with Gasteiger partial charge < -0.3 is 4.79 Å². The summed E-state index contributed by atoms with van der Waals surface area (Å²) in [6.45, 7) is 6.50. The van der Waals surface area contributed by atoms with E-state index in [0.717, 1.165) is 37.9 Å². The van der Waals surface area contributed by atoms with Crippen molar-refractivity contribution in [1.29, 1.82) is 0 Å². The van der Waals surface area contributed by atoms with Crippen LogP contribution in [-0.4, -0.2) is 6.29 Å². The molecular formula is C14H22O. The molecule has 1 heteroatoms. The van der Waals surface area contributed by atoms with Crippen LogP contribution >= 0.6 is 0 Å². The molecule has 1 atom stereocenters. The van der Waals surface area contributed by atoms with Crippen molar-refractivity contribution in [2.24, 2.45) is 11.3 Å². The van der Waals surface area contributed by atoms with Gasteiger partial charge in [0.05, 0.1) is 0 Å². The van der Waals surface area contributed by atoms with Gasteiger partial charge in [-0.25, -0.2) is 0 Å². The van der Waals surface area contributed by atoms with Crippen molar-refractivity contribution in [3.63, 3.8) is 0 Å². The highest BCUT2D eigenvalue weighted by atomic mass is 16.1. The van der Waals surface area contributed by atoms with Crippen LogP contribution in [0.15, 0.2) is 23.8 Å². The third-order valence-corrected chi connectivity index (χ3v) is 3.04. The summed E-state index contributed by atoms with van der Waals surface area (Å²) >= 11 is 0. The van der Waals surface area contributed by atoms with Gasteiger partial charge in [0, 0.05) is 5.41 Å². The lowest BCUT2D eigenvalue weighted by atomic mass is 9.78. The number of allylic oxidation sites excluding steroid dienone is 4. The molecule has 1 unspecified atom stereocenters. The summed E-state index contributed by atoms with van der Waals surface area (Å²) in [5.74, 6) is 0.727. The molecule has 1 nitrogen and oxygen atoms in total. The van der Waals surface area contributed by atoms with E-state index in [4.69, 9.17) is 0 Å². The van der Waals surface area contributed by atoms with Crippen molar-refractivity contribution in [3.05, 3.63) is 23.8 Å². The van der Waals surface area contributed by atoms with E-state index in [2.05, 4.69) is 32.1 Å². The van der Waals surface area contributed by atoms with Crippen molar-refractivity contribution in [3.8, 4) is 0 Å². The molecule has 0 aromatic heterocycles. The molecular weight excluding hydrogens is 184 g/mol. The first-order valence-electron chi connectivity index (χ1n) is 5.88. The van der Waals surface area contributed by atoms with Gasteiger partial charge in [-0.3, -0.25) is 0 Å². The van der Waals surface area contributed by atoms with E-state index in [9.17, 15) is 4.79 Å². The maximum Gasteiger partial charge on any atom is 0.126 e. The number of carbonyl (C=O) groups is 1. The third kappa shape index (κ3) is 4.03. The highest BCUT2D eigenvalue weighted by Crippen LogP contribution is 2.33. The molecule has 0 spiro atoms. The predicted molar refractivity (Wildman–Crippen MR) is 64.7 cm³/mol. The Balaban J connectivity index is 2.47. The fraction of sp³-hybridized carbons (Fsp3) is 0.643. The molecule has 0 saturated carbocycles. The standard InChI is InChI=1S/C14H22O/c1-12(2)5-4-6-13-7-9-14(3,11-15)10-8-13/h4,6-7,11-12H,5,8-10H2,1-3H3. The molecule has 0 fully saturated rings. The van der Waals surface area contributed by atoms with Crippen LogP contribution in [0.2, 0.25) is 0 Å². The molecule has 0 saturated heterocycles. The highest BCUT2D eigenvalue weighted by molar-refractivity contribution is 5.59. The van der Waals surface area contributed by atoms with E-state index in [1.54, 1.807) is 0 Å². The van der Waals surface area contributed by atoms with Crippen molar-refractivity contribution in [2.75, 3.05) is 0 Å². The predicted octanol–water partition coefficient (Wildman–Crippen LogP) is 3.90. The molecule has 1 aliphatic rings. The molecule has 15 heavy (non-hydrogen) atoms. The molecule has 1 aliphatic carbocycles. The summed E-state index contributed by atoms with van der Waals surface area (Å²) in [5, 5.41) is 0. The first-order chi connectivity index (χ1) is 7.06. The zero-order valence-electron chi connectivity index (χ0n) is 10.1. The fourth-order valence-corrected chi connectivity index (χ4v) is 1.75. The van der Waals surface area contributed by atoms with Gasteiger partial charge in [-0.2, -0.15) is 0 Å². The lowest BCUT2D eigenvalue weighted by molar-refractivity contribution is -0.115. The molecule has 0 aromatic rings. The van der Waals surface area contributed by atoms with Gasteiger partial charge in [0.1, 0.15) is 6.29 Å². The van der Waals surface area contributed by atoms with E-state index >= 15 is 0 Å². The molecule has 0 aromatic carbocycles. The van der Waals surface area contributed by atoms with Gasteiger partial charge >= 0.3 is 0 Å². The van der Waals surface area contributed by atoms with Crippen molar-refractivity contribution < 1.29 is 4.79 Å². The molecule has 0 radical (unpaired) electrons. The van der Waals surface area contributed by atoms with Gasteiger partial charge in [0.15, 0.2) is 0 Å². The summed E-state index contributed by atoms with van der Waals surface area (Å²) in [6.07, 6.45) is 11.9. The quantitative estimate of drug-likeness (QED) is 0.637. The molecule has 0 heterocycles. The van der Waals surface area contributed by atoms with Gasteiger partial charge in [-0.1, -0.05) is 44.6 Å². The minimum absolute atomic E-state index is 0.102. The summed E-state index contributed by atoms with van der Waals surface area (Å²) in [6, 6.07) is 0. The Hall–Kier alpha value is -0.850. The Morgan fingerprint density at radius 3 is 2.73 bits per heavy atom. The molecule has 1 rings (SSSR count). The van der Waals surface area contributed by atoms with Crippen LogP contribution in [0.25, 0.3) is 0 Å². The van der Waals surface area contributed by atoms with Crippen LogP contribution in [-0.2, 0) is 4.79 Å². The normalized spacial score (nSPS) is 27.1. The highest BCUT2D eigenvalue weighted by Gasteiger charge is 2.25. The second-order valence-corrected chi connectivity index (χ2v) is 5.29. The van der Waals surface area contributed by atoms with Crippen molar-refractivity contribution >= 4 is 6.29 Å². The largest absolute Gasteiger partial charge is 0.303 e. The first-order valence-corrected chi connectivity index (χ1v) is 5.88.